The highest BCUT2D eigenvalue weighted by atomic mass is 19.1. The van der Waals surface area contributed by atoms with Crippen LogP contribution in [0.4, 0.5) is 8.78 Å². The molecular formula is C33H32F2N6O3. The Balaban J connectivity index is 1.24. The first-order valence-corrected chi connectivity index (χ1v) is 15.0. The fraction of sp³-hybridized carbons (Fsp3) is 0.364. The Morgan fingerprint density at radius 1 is 1.07 bits per heavy atom. The Hall–Kier alpha value is -4.51. The largest absolute Gasteiger partial charge is 0.503 e. The molecule has 2 aromatic carbocycles. The molecule has 3 atom stereocenters. The number of piperidine rings is 1. The topological polar surface area (TPSA) is 111 Å². The summed E-state index contributed by atoms with van der Waals surface area (Å²) < 4.78 is 38.2. The van der Waals surface area contributed by atoms with Crippen LogP contribution in [0.5, 0.6) is 11.5 Å². The van der Waals surface area contributed by atoms with Crippen LogP contribution < -0.4 is 10.5 Å². The Kier molecular flexibility index (Phi) is 6.00. The second kappa shape index (κ2) is 9.75. The molecule has 11 heteroatoms. The van der Waals surface area contributed by atoms with E-state index in [-0.39, 0.29) is 23.6 Å². The average Bonchev–Trinajstić information content (AvgIpc) is 3.42. The fourth-order valence-electron chi connectivity index (χ4n) is 7.20. The molecule has 2 bridgehead atoms. The maximum atomic E-state index is 14.2. The van der Waals surface area contributed by atoms with Crippen LogP contribution in [0.2, 0.25) is 0 Å². The van der Waals surface area contributed by atoms with Gasteiger partial charge in [-0.25, -0.2) is 18.7 Å². The first kappa shape index (κ1) is 27.1. The predicted molar refractivity (Wildman–Crippen MR) is 161 cm³/mol. The average molecular weight is 599 g/mol. The lowest BCUT2D eigenvalue weighted by molar-refractivity contribution is 0.0700. The summed E-state index contributed by atoms with van der Waals surface area (Å²) in [6, 6.07) is 11.5. The molecule has 5 aromatic rings. The molecule has 2 aliphatic carbocycles. The summed E-state index contributed by atoms with van der Waals surface area (Å²) in [5.74, 6) is -1.05. The number of imidazole rings is 1. The summed E-state index contributed by atoms with van der Waals surface area (Å²) in [4.78, 5) is 25.4. The SMILES string of the molecule is COc1cc(C(=O)N2CC3CCC2[C@@H]3N)cc2nc(-c3cc4ccc(-c5cc(F)c(O)c(F)c5)nc4n3CC3CC3)n(C)c12. The number of benzene rings is 2. The number of amides is 1. The molecule has 9 nitrogen and oxygen atoms in total. The van der Waals surface area contributed by atoms with E-state index in [1.807, 2.05) is 34.7 Å². The monoisotopic (exact) mass is 598 g/mol. The summed E-state index contributed by atoms with van der Waals surface area (Å²) in [7, 11) is 3.51. The summed E-state index contributed by atoms with van der Waals surface area (Å²) in [6.07, 6.45) is 4.21. The third-order valence-corrected chi connectivity index (χ3v) is 9.74. The van der Waals surface area contributed by atoms with Gasteiger partial charge >= 0.3 is 0 Å². The van der Waals surface area contributed by atoms with E-state index in [9.17, 15) is 18.7 Å². The van der Waals surface area contributed by atoms with Gasteiger partial charge in [0.1, 0.15) is 16.9 Å². The first-order valence-electron chi connectivity index (χ1n) is 15.0. The molecule has 0 spiro atoms. The summed E-state index contributed by atoms with van der Waals surface area (Å²) >= 11 is 0. The zero-order valence-electron chi connectivity index (χ0n) is 24.4. The second-order valence-electron chi connectivity index (χ2n) is 12.5. The minimum atomic E-state index is -1.04. The Labute approximate surface area is 251 Å². The zero-order chi connectivity index (χ0) is 30.4. The standard InChI is InChI=1S/C33H32F2N6O3/c1-39-29-24(11-20(13-27(29)44-2)33(43)41-15-18-6-8-25(41)28(18)36)38-32(39)26-12-17-5-7-23(19-9-21(34)30(42)22(35)10-19)37-31(17)40(26)14-16-3-4-16/h5,7,9-13,16,18,25,28,42H,3-4,6,8,14-15,36H2,1-2H3/t18?,25?,28-/m1/s1. The van der Waals surface area contributed by atoms with Gasteiger partial charge in [0.05, 0.1) is 24.0 Å². The van der Waals surface area contributed by atoms with Gasteiger partial charge < -0.3 is 29.6 Å². The summed E-state index contributed by atoms with van der Waals surface area (Å²) in [5, 5.41) is 10.4. The van der Waals surface area contributed by atoms with Crippen LogP contribution in [-0.2, 0) is 13.6 Å². The number of aromatic hydroxyl groups is 1. The summed E-state index contributed by atoms with van der Waals surface area (Å²) in [6.45, 7) is 1.40. The molecular weight excluding hydrogens is 566 g/mol. The molecule has 226 valence electrons. The highest BCUT2D eigenvalue weighted by molar-refractivity contribution is 6.00. The number of nitrogens with two attached hydrogens (primary N) is 1. The number of nitrogens with zero attached hydrogens (tertiary/aromatic N) is 5. The minimum absolute atomic E-state index is 0.0284. The van der Waals surface area contributed by atoms with E-state index in [2.05, 4.69) is 4.57 Å². The smallest absolute Gasteiger partial charge is 0.254 e. The fourth-order valence-corrected chi connectivity index (χ4v) is 7.20. The van der Waals surface area contributed by atoms with Crippen molar-refractivity contribution in [1.82, 2.24) is 24.0 Å². The van der Waals surface area contributed by atoms with Gasteiger partial charge in [-0.1, -0.05) is 0 Å². The number of ether oxygens (including phenoxy) is 1. The number of aryl methyl sites for hydroxylation is 1. The maximum Gasteiger partial charge on any atom is 0.254 e. The van der Waals surface area contributed by atoms with Crippen molar-refractivity contribution < 1.29 is 23.4 Å². The Bertz CT molecular complexity index is 1970. The number of carbonyl (C=O) groups excluding carboxylic acids is 1. The zero-order valence-corrected chi connectivity index (χ0v) is 24.4. The third kappa shape index (κ3) is 4.09. The van der Waals surface area contributed by atoms with Crippen molar-refractivity contribution in [3.05, 3.63) is 59.7 Å². The van der Waals surface area contributed by atoms with Crippen molar-refractivity contribution in [2.45, 2.75) is 44.3 Å². The lowest BCUT2D eigenvalue weighted by Crippen LogP contribution is -2.41. The number of fused-ring (bicyclic) bond motifs is 4. The van der Waals surface area contributed by atoms with Crippen LogP contribution in [0.15, 0.2) is 42.5 Å². The lowest BCUT2D eigenvalue weighted by atomic mass is 10.1. The molecule has 3 N–H and O–H groups in total. The Morgan fingerprint density at radius 3 is 2.50 bits per heavy atom. The number of phenols is 1. The van der Waals surface area contributed by atoms with Crippen molar-refractivity contribution >= 4 is 28.0 Å². The van der Waals surface area contributed by atoms with Gasteiger partial charge in [0, 0.05) is 48.7 Å². The predicted octanol–water partition coefficient (Wildman–Crippen LogP) is 5.22. The van der Waals surface area contributed by atoms with E-state index in [1.54, 1.807) is 19.2 Å². The molecule has 3 aliphatic rings. The van der Waals surface area contributed by atoms with Crippen LogP contribution in [-0.4, -0.2) is 60.8 Å². The second-order valence-corrected chi connectivity index (χ2v) is 12.5. The molecule has 3 aromatic heterocycles. The number of rotatable bonds is 6. The van der Waals surface area contributed by atoms with Gasteiger partial charge in [-0.2, -0.15) is 0 Å². The highest BCUT2D eigenvalue weighted by Crippen LogP contribution is 2.40. The molecule has 1 saturated heterocycles. The molecule has 8 rings (SSSR count). The van der Waals surface area contributed by atoms with Crippen molar-refractivity contribution in [2.24, 2.45) is 24.6 Å². The van der Waals surface area contributed by atoms with Crippen LogP contribution >= 0.6 is 0 Å². The molecule has 2 saturated carbocycles. The molecule has 44 heavy (non-hydrogen) atoms. The normalized spacial score (nSPS) is 21.2. The van der Waals surface area contributed by atoms with Crippen molar-refractivity contribution in [2.75, 3.05) is 13.7 Å². The van der Waals surface area contributed by atoms with Crippen molar-refractivity contribution in [3.8, 4) is 34.3 Å². The van der Waals surface area contributed by atoms with Crippen LogP contribution in [0.25, 0.3) is 44.8 Å². The van der Waals surface area contributed by atoms with Gasteiger partial charge in [0.25, 0.3) is 5.91 Å². The Morgan fingerprint density at radius 2 is 1.84 bits per heavy atom. The number of methoxy groups -OCH3 is 1. The number of hydrogen-bond donors (Lipinski definition) is 2. The lowest BCUT2D eigenvalue weighted by Gasteiger charge is -2.27. The van der Waals surface area contributed by atoms with Crippen molar-refractivity contribution in [3.63, 3.8) is 0 Å². The van der Waals surface area contributed by atoms with Gasteiger partial charge in [0.15, 0.2) is 23.2 Å². The van der Waals surface area contributed by atoms with Crippen LogP contribution in [0, 0.1) is 23.5 Å². The molecule has 2 unspecified atom stereocenters. The van der Waals surface area contributed by atoms with E-state index in [0.29, 0.717) is 52.4 Å². The number of phenolic OH excluding ortho intramolecular Hbond substituents is 1. The molecule has 1 amide bonds. The van der Waals surface area contributed by atoms with Gasteiger partial charge in [-0.15, -0.1) is 0 Å². The van der Waals surface area contributed by atoms with E-state index >= 15 is 0 Å². The quantitative estimate of drug-likeness (QED) is 0.277. The van der Waals surface area contributed by atoms with E-state index in [1.165, 1.54) is 0 Å². The number of carbonyl (C=O) groups is 1. The summed E-state index contributed by atoms with van der Waals surface area (Å²) in [5.41, 5.74) is 10.5. The highest BCUT2D eigenvalue weighted by Gasteiger charge is 2.47. The van der Waals surface area contributed by atoms with E-state index in [4.69, 9.17) is 20.4 Å². The number of likely N-dealkylation sites (tertiary alicyclic amines) is 1. The van der Waals surface area contributed by atoms with Crippen molar-refractivity contribution in [1.29, 1.82) is 0 Å². The number of aromatic nitrogens is 4. The van der Waals surface area contributed by atoms with Gasteiger partial charge in [-0.05, 0) is 80.0 Å². The van der Waals surface area contributed by atoms with Gasteiger partial charge in [0.2, 0.25) is 0 Å². The third-order valence-electron chi connectivity index (χ3n) is 9.74. The van der Waals surface area contributed by atoms with E-state index < -0.39 is 17.4 Å². The number of pyridine rings is 1. The van der Waals surface area contributed by atoms with Crippen LogP contribution in [0.1, 0.15) is 36.0 Å². The minimum Gasteiger partial charge on any atom is -0.503 e. The number of halogens is 2. The number of hydrogen-bond acceptors (Lipinski definition) is 6. The molecule has 1 aliphatic heterocycles. The van der Waals surface area contributed by atoms with Gasteiger partial charge in [-0.3, -0.25) is 4.79 Å². The molecule has 0 radical (unpaired) electrons. The van der Waals surface area contributed by atoms with Crippen LogP contribution in [0.3, 0.4) is 0 Å². The first-order chi connectivity index (χ1) is 21.2. The van der Waals surface area contributed by atoms with E-state index in [0.717, 1.165) is 61.0 Å². The molecule has 3 fully saturated rings. The maximum absolute atomic E-state index is 14.2. The molecule has 4 heterocycles.